The van der Waals surface area contributed by atoms with Crippen molar-refractivity contribution in [3.05, 3.63) is 47.8 Å². The van der Waals surface area contributed by atoms with Crippen LogP contribution >= 0.6 is 0 Å². The molecule has 3 rings (SSSR count). The summed E-state index contributed by atoms with van der Waals surface area (Å²) in [6.07, 6.45) is 6.79. The van der Waals surface area contributed by atoms with Gasteiger partial charge in [-0.1, -0.05) is 18.2 Å². The number of aromatic nitrogens is 2. The second kappa shape index (κ2) is 7.77. The maximum absolute atomic E-state index is 12.3. The lowest BCUT2D eigenvalue weighted by Crippen LogP contribution is -2.31. The topological polar surface area (TPSA) is 67.3 Å². The summed E-state index contributed by atoms with van der Waals surface area (Å²) >= 11 is 0. The van der Waals surface area contributed by atoms with E-state index >= 15 is 0 Å². The molecule has 1 aromatic heterocycles. The maximum atomic E-state index is 12.3. The van der Waals surface area contributed by atoms with Crippen LogP contribution in [0.2, 0.25) is 0 Å². The number of rotatable bonds is 5. The Hall–Kier alpha value is -2.63. The van der Waals surface area contributed by atoms with Gasteiger partial charge in [-0.05, 0) is 25.3 Å². The minimum absolute atomic E-state index is 0.189. The molecule has 2 heterocycles. The molecular weight excluding hydrogens is 304 g/mol. The highest BCUT2D eigenvalue weighted by molar-refractivity contribution is 5.93. The van der Waals surface area contributed by atoms with Gasteiger partial charge in [-0.3, -0.25) is 4.79 Å². The molecule has 1 amide bonds. The van der Waals surface area contributed by atoms with Gasteiger partial charge in [0.15, 0.2) is 0 Å². The lowest BCUT2D eigenvalue weighted by molar-refractivity contribution is 0.0950. The number of nitrogens with zero attached hydrogens (tertiary/aromatic N) is 3. The van der Waals surface area contributed by atoms with Crippen molar-refractivity contribution >= 4 is 11.9 Å². The standard InChI is InChI=1S/C18H22N4O2/c1-24-16-8-4-3-7-14(16)11-19-17(23)15-12-20-18(21-13-15)22-9-5-2-6-10-22/h3-4,7-8,12-13H,2,5-6,9-11H2,1H3,(H,19,23). The highest BCUT2D eigenvalue weighted by Gasteiger charge is 2.14. The zero-order chi connectivity index (χ0) is 16.8. The molecule has 0 aliphatic carbocycles. The molecule has 0 unspecified atom stereocenters. The van der Waals surface area contributed by atoms with Gasteiger partial charge < -0.3 is 15.0 Å². The quantitative estimate of drug-likeness (QED) is 0.914. The van der Waals surface area contributed by atoms with E-state index in [0.29, 0.717) is 18.1 Å². The molecular formula is C18H22N4O2. The lowest BCUT2D eigenvalue weighted by Gasteiger charge is -2.26. The zero-order valence-electron chi connectivity index (χ0n) is 13.9. The number of para-hydroxylation sites is 1. The van der Waals surface area contributed by atoms with Gasteiger partial charge in [-0.15, -0.1) is 0 Å². The molecule has 1 aromatic carbocycles. The van der Waals surface area contributed by atoms with Crippen molar-refractivity contribution in [2.24, 2.45) is 0 Å². The molecule has 6 nitrogen and oxygen atoms in total. The largest absolute Gasteiger partial charge is 0.496 e. The molecule has 24 heavy (non-hydrogen) atoms. The van der Waals surface area contributed by atoms with Gasteiger partial charge in [0.1, 0.15) is 5.75 Å². The molecule has 126 valence electrons. The average molecular weight is 326 g/mol. The summed E-state index contributed by atoms with van der Waals surface area (Å²) < 4.78 is 5.28. The number of nitrogens with one attached hydrogen (secondary N) is 1. The van der Waals surface area contributed by atoms with Crippen molar-refractivity contribution in [1.82, 2.24) is 15.3 Å². The number of carbonyl (C=O) groups excluding carboxylic acids is 1. The number of ether oxygens (including phenoxy) is 1. The van der Waals surface area contributed by atoms with Crippen LogP contribution in [-0.4, -0.2) is 36.1 Å². The van der Waals surface area contributed by atoms with Crippen molar-refractivity contribution in [3.63, 3.8) is 0 Å². The van der Waals surface area contributed by atoms with E-state index in [1.807, 2.05) is 24.3 Å². The van der Waals surface area contributed by atoms with Gasteiger partial charge in [0.2, 0.25) is 5.95 Å². The van der Waals surface area contributed by atoms with Crippen molar-refractivity contribution in [2.75, 3.05) is 25.1 Å². The van der Waals surface area contributed by atoms with Gasteiger partial charge in [0, 0.05) is 37.6 Å². The van der Waals surface area contributed by atoms with Crippen LogP contribution in [0.15, 0.2) is 36.7 Å². The molecule has 1 saturated heterocycles. The average Bonchev–Trinajstić information content (AvgIpc) is 2.67. The summed E-state index contributed by atoms with van der Waals surface area (Å²) in [7, 11) is 1.62. The van der Waals surface area contributed by atoms with E-state index in [1.54, 1.807) is 19.5 Å². The van der Waals surface area contributed by atoms with Crippen LogP contribution < -0.4 is 15.0 Å². The molecule has 0 atom stereocenters. The first-order chi connectivity index (χ1) is 11.8. The second-order valence-corrected chi connectivity index (χ2v) is 5.81. The summed E-state index contributed by atoms with van der Waals surface area (Å²) in [4.78, 5) is 23.1. The Labute approximate surface area is 141 Å². The molecule has 6 heteroatoms. The van der Waals surface area contributed by atoms with E-state index in [1.165, 1.54) is 19.3 Å². The van der Waals surface area contributed by atoms with E-state index < -0.39 is 0 Å². The Morgan fingerprint density at radius 1 is 1.17 bits per heavy atom. The molecule has 1 fully saturated rings. The van der Waals surface area contributed by atoms with Crippen molar-refractivity contribution in [1.29, 1.82) is 0 Å². The fraction of sp³-hybridized carbons (Fsp3) is 0.389. The summed E-state index contributed by atoms with van der Waals surface area (Å²) in [5.74, 6) is 1.27. The first kappa shape index (κ1) is 16.2. The molecule has 0 radical (unpaired) electrons. The molecule has 2 aromatic rings. The number of anilines is 1. The molecule has 0 spiro atoms. The SMILES string of the molecule is COc1ccccc1CNC(=O)c1cnc(N2CCCCC2)nc1. The number of benzene rings is 1. The number of hydrogen-bond acceptors (Lipinski definition) is 5. The fourth-order valence-corrected chi connectivity index (χ4v) is 2.82. The van der Waals surface area contributed by atoms with Crippen LogP contribution in [0, 0.1) is 0 Å². The van der Waals surface area contributed by atoms with E-state index in [4.69, 9.17) is 4.74 Å². The Bertz CT molecular complexity index is 682. The number of amides is 1. The van der Waals surface area contributed by atoms with Gasteiger partial charge in [-0.2, -0.15) is 0 Å². The van der Waals surface area contributed by atoms with E-state index in [0.717, 1.165) is 24.4 Å². The van der Waals surface area contributed by atoms with Crippen molar-refractivity contribution in [3.8, 4) is 5.75 Å². The first-order valence-corrected chi connectivity index (χ1v) is 8.25. The molecule has 0 saturated carbocycles. The first-order valence-electron chi connectivity index (χ1n) is 8.25. The van der Waals surface area contributed by atoms with Crippen molar-refractivity contribution in [2.45, 2.75) is 25.8 Å². The van der Waals surface area contributed by atoms with Gasteiger partial charge in [0.25, 0.3) is 5.91 Å². The normalized spacial score (nSPS) is 14.3. The van der Waals surface area contributed by atoms with Gasteiger partial charge in [-0.25, -0.2) is 9.97 Å². The third kappa shape index (κ3) is 3.82. The van der Waals surface area contributed by atoms with Gasteiger partial charge >= 0.3 is 0 Å². The third-order valence-corrected chi connectivity index (χ3v) is 4.17. The maximum Gasteiger partial charge on any atom is 0.254 e. The predicted octanol–water partition coefficient (Wildman–Crippen LogP) is 2.41. The zero-order valence-corrected chi connectivity index (χ0v) is 13.9. The van der Waals surface area contributed by atoms with Crippen LogP contribution in [0.25, 0.3) is 0 Å². The summed E-state index contributed by atoms with van der Waals surface area (Å²) in [5, 5.41) is 2.88. The number of methoxy groups -OCH3 is 1. The van der Waals surface area contributed by atoms with E-state index in [9.17, 15) is 4.79 Å². The van der Waals surface area contributed by atoms with Crippen LogP contribution in [0.3, 0.4) is 0 Å². The Kier molecular flexibility index (Phi) is 5.25. The number of carbonyl (C=O) groups is 1. The van der Waals surface area contributed by atoms with Crippen LogP contribution in [0.4, 0.5) is 5.95 Å². The van der Waals surface area contributed by atoms with Crippen molar-refractivity contribution < 1.29 is 9.53 Å². The van der Waals surface area contributed by atoms with Crippen LogP contribution in [0.1, 0.15) is 35.2 Å². The summed E-state index contributed by atoms with van der Waals surface area (Å²) in [5.41, 5.74) is 1.39. The predicted molar refractivity (Wildman–Crippen MR) is 92.3 cm³/mol. The molecule has 0 bridgehead atoms. The Morgan fingerprint density at radius 2 is 1.88 bits per heavy atom. The van der Waals surface area contributed by atoms with Crippen LogP contribution in [-0.2, 0) is 6.54 Å². The fourth-order valence-electron chi connectivity index (χ4n) is 2.82. The number of hydrogen-bond donors (Lipinski definition) is 1. The highest BCUT2D eigenvalue weighted by atomic mass is 16.5. The smallest absolute Gasteiger partial charge is 0.254 e. The third-order valence-electron chi connectivity index (χ3n) is 4.17. The Balaban J connectivity index is 1.60. The minimum atomic E-state index is -0.189. The monoisotopic (exact) mass is 326 g/mol. The molecule has 1 aliphatic heterocycles. The molecule has 1 N–H and O–H groups in total. The minimum Gasteiger partial charge on any atom is -0.496 e. The van der Waals surface area contributed by atoms with Gasteiger partial charge in [0.05, 0.1) is 12.7 Å². The van der Waals surface area contributed by atoms with E-state index in [2.05, 4.69) is 20.2 Å². The van der Waals surface area contributed by atoms with E-state index in [-0.39, 0.29) is 5.91 Å². The molecule has 1 aliphatic rings. The Morgan fingerprint density at radius 3 is 2.58 bits per heavy atom. The lowest BCUT2D eigenvalue weighted by atomic mass is 10.1. The highest BCUT2D eigenvalue weighted by Crippen LogP contribution is 2.17. The second-order valence-electron chi connectivity index (χ2n) is 5.81. The summed E-state index contributed by atoms with van der Waals surface area (Å²) in [6, 6.07) is 7.62. The summed E-state index contributed by atoms with van der Waals surface area (Å²) in [6.45, 7) is 2.37. The van der Waals surface area contributed by atoms with Crippen LogP contribution in [0.5, 0.6) is 5.75 Å². The number of piperidine rings is 1.